The molecule has 1 unspecified atom stereocenters. The molecule has 0 bridgehead atoms. The van der Waals surface area contributed by atoms with Crippen LogP contribution in [0.15, 0.2) is 42.6 Å². The minimum Gasteiger partial charge on any atom is -0.470 e. The van der Waals surface area contributed by atoms with Crippen LogP contribution in [-0.2, 0) is 22.6 Å². The Morgan fingerprint density at radius 1 is 1.14 bits per heavy atom. The number of carbonyl (C=O) groups is 1. The van der Waals surface area contributed by atoms with E-state index in [2.05, 4.69) is 14.5 Å². The number of nitrogens with zero attached hydrogens (tertiary/aromatic N) is 5. The number of rotatable bonds is 8. The number of carbonyl (C=O) groups excluding carboxylic acids is 1. The van der Waals surface area contributed by atoms with E-state index in [0.29, 0.717) is 31.1 Å². The van der Waals surface area contributed by atoms with Gasteiger partial charge in [0.2, 0.25) is 11.8 Å². The van der Waals surface area contributed by atoms with Gasteiger partial charge in [0.15, 0.2) is 0 Å². The molecule has 2 saturated heterocycles. The quantitative estimate of drug-likeness (QED) is 0.236. The molecule has 0 radical (unpaired) electrons. The van der Waals surface area contributed by atoms with Crippen LogP contribution in [0.4, 0.5) is 14.7 Å². The minimum absolute atomic E-state index is 0.104. The topological polar surface area (TPSA) is 91.6 Å². The molecule has 9 nitrogen and oxygen atoms in total. The summed E-state index contributed by atoms with van der Waals surface area (Å²) in [6, 6.07) is 9.74. The highest BCUT2D eigenvalue weighted by Crippen LogP contribution is 2.65. The second-order valence-electron chi connectivity index (χ2n) is 11.5. The summed E-state index contributed by atoms with van der Waals surface area (Å²) in [5, 5.41) is 0.273. The maximum atomic E-state index is 14.5. The van der Waals surface area contributed by atoms with Gasteiger partial charge in [-0.2, -0.15) is 9.37 Å². The molecule has 3 aliphatic rings. The second-order valence-corrected chi connectivity index (χ2v) is 11.9. The molecular formula is C31H30ClF2N5O4. The lowest BCUT2D eigenvalue weighted by Crippen LogP contribution is -2.36. The van der Waals surface area contributed by atoms with Crippen molar-refractivity contribution in [1.82, 2.24) is 19.5 Å². The number of esters is 1. The van der Waals surface area contributed by atoms with E-state index >= 15 is 0 Å². The lowest BCUT2D eigenvalue weighted by molar-refractivity contribution is -0.0590. The first-order valence-electron chi connectivity index (χ1n) is 14.4. The summed E-state index contributed by atoms with van der Waals surface area (Å²) in [6.07, 6.45) is 5.05. The molecule has 1 spiro atoms. The lowest BCUT2D eigenvalue weighted by atomic mass is 9.90. The maximum absolute atomic E-state index is 14.5. The molecule has 2 atom stereocenters. The van der Waals surface area contributed by atoms with Crippen molar-refractivity contribution >= 4 is 34.6 Å². The zero-order valence-corrected chi connectivity index (χ0v) is 24.3. The highest BCUT2D eigenvalue weighted by molar-refractivity contribution is 6.30. The van der Waals surface area contributed by atoms with Crippen molar-refractivity contribution in [2.75, 3.05) is 31.7 Å². The monoisotopic (exact) mass is 609 g/mol. The predicted molar refractivity (Wildman–Crippen MR) is 154 cm³/mol. The first-order valence-corrected chi connectivity index (χ1v) is 14.8. The van der Waals surface area contributed by atoms with Crippen molar-refractivity contribution in [2.45, 2.75) is 50.9 Å². The van der Waals surface area contributed by atoms with Gasteiger partial charge in [-0.15, -0.1) is 0 Å². The van der Waals surface area contributed by atoms with E-state index in [1.54, 1.807) is 12.1 Å². The van der Waals surface area contributed by atoms with Crippen LogP contribution < -0.4 is 9.64 Å². The Labute approximate surface area is 251 Å². The minimum atomic E-state index is -0.710. The average molecular weight is 610 g/mol. The number of hydrogen-bond donors (Lipinski definition) is 0. The molecule has 7 rings (SSSR count). The van der Waals surface area contributed by atoms with Gasteiger partial charge in [0.25, 0.3) is 5.88 Å². The van der Waals surface area contributed by atoms with Crippen molar-refractivity contribution in [3.63, 3.8) is 0 Å². The van der Waals surface area contributed by atoms with E-state index in [9.17, 15) is 13.6 Å². The van der Waals surface area contributed by atoms with Crippen molar-refractivity contribution in [3.8, 4) is 5.88 Å². The summed E-state index contributed by atoms with van der Waals surface area (Å²) in [5.74, 6) is -0.138. The Morgan fingerprint density at radius 3 is 2.67 bits per heavy atom. The molecule has 0 N–H and O–H groups in total. The second kappa shape index (κ2) is 11.0. The Bertz CT molecular complexity index is 1700. The third-order valence-corrected chi connectivity index (χ3v) is 9.24. The molecule has 1 aliphatic carbocycles. The molecular weight excluding hydrogens is 580 g/mol. The number of fused-ring (bicyclic) bond motifs is 1. The van der Waals surface area contributed by atoms with Crippen LogP contribution in [0.2, 0.25) is 5.02 Å². The smallest absolute Gasteiger partial charge is 0.337 e. The first kappa shape index (κ1) is 28.0. The normalized spacial score (nSPS) is 20.7. The van der Waals surface area contributed by atoms with Crippen LogP contribution in [0.5, 0.6) is 5.88 Å². The van der Waals surface area contributed by atoms with Crippen molar-refractivity contribution < 1.29 is 27.8 Å². The fourth-order valence-electron chi connectivity index (χ4n) is 6.27. The number of methoxy groups -OCH3 is 1. The zero-order valence-electron chi connectivity index (χ0n) is 23.6. The summed E-state index contributed by atoms with van der Waals surface area (Å²) in [7, 11) is 1.38. The van der Waals surface area contributed by atoms with Gasteiger partial charge in [0.05, 0.1) is 42.6 Å². The number of benzene rings is 2. The Balaban J connectivity index is 1.06. The number of aromatic nitrogens is 4. The molecule has 2 aromatic heterocycles. The van der Waals surface area contributed by atoms with Gasteiger partial charge in [-0.25, -0.2) is 19.2 Å². The van der Waals surface area contributed by atoms with Crippen LogP contribution in [0.25, 0.3) is 11.0 Å². The number of anilines is 1. The van der Waals surface area contributed by atoms with Crippen molar-refractivity contribution in [2.24, 2.45) is 5.41 Å². The molecule has 3 fully saturated rings. The number of halogens is 3. The van der Waals surface area contributed by atoms with Crippen LogP contribution in [0, 0.1) is 17.0 Å². The van der Waals surface area contributed by atoms with E-state index in [1.165, 1.54) is 19.2 Å². The zero-order chi connectivity index (χ0) is 29.7. The molecule has 1 saturated carbocycles. The van der Waals surface area contributed by atoms with E-state index in [0.717, 1.165) is 55.3 Å². The number of piperidine rings is 1. The van der Waals surface area contributed by atoms with Crippen LogP contribution in [0.1, 0.15) is 53.3 Å². The molecule has 0 amide bonds. The van der Waals surface area contributed by atoms with Gasteiger partial charge in [-0.3, -0.25) is 0 Å². The van der Waals surface area contributed by atoms with E-state index in [-0.39, 0.29) is 46.5 Å². The van der Waals surface area contributed by atoms with Crippen LogP contribution in [-0.4, -0.2) is 58.4 Å². The van der Waals surface area contributed by atoms with E-state index in [4.69, 9.17) is 30.8 Å². The maximum Gasteiger partial charge on any atom is 0.337 e. The predicted octanol–water partition coefficient (Wildman–Crippen LogP) is 5.69. The molecule has 4 heterocycles. The Morgan fingerprint density at radius 2 is 1.95 bits per heavy atom. The van der Waals surface area contributed by atoms with Gasteiger partial charge in [-0.1, -0.05) is 17.7 Å². The molecule has 4 aromatic rings. The lowest BCUT2D eigenvalue weighted by Gasteiger charge is -2.33. The largest absolute Gasteiger partial charge is 0.470 e. The van der Waals surface area contributed by atoms with Crippen molar-refractivity contribution in [3.05, 3.63) is 76.2 Å². The molecule has 2 aliphatic heterocycles. The van der Waals surface area contributed by atoms with Crippen molar-refractivity contribution in [1.29, 1.82) is 0 Å². The number of hydrogen-bond acceptors (Lipinski definition) is 8. The Kier molecular flexibility index (Phi) is 7.17. The van der Waals surface area contributed by atoms with Gasteiger partial charge < -0.3 is 23.7 Å². The first-order chi connectivity index (χ1) is 20.8. The van der Waals surface area contributed by atoms with Crippen LogP contribution >= 0.6 is 11.6 Å². The fraction of sp³-hybridized carbons (Fsp3) is 0.419. The highest BCUT2D eigenvalue weighted by Gasteiger charge is 2.57. The Hall–Kier alpha value is -3.83. The molecule has 224 valence electrons. The molecule has 12 heteroatoms. The molecule has 43 heavy (non-hydrogen) atoms. The fourth-order valence-corrected chi connectivity index (χ4v) is 6.43. The summed E-state index contributed by atoms with van der Waals surface area (Å²) in [5.41, 5.74) is 2.62. The number of imidazole rings is 1. The average Bonchev–Trinajstić information content (AvgIpc) is 3.55. The number of ether oxygens (including phenoxy) is 3. The molecule has 2 aromatic carbocycles. The highest BCUT2D eigenvalue weighted by atomic mass is 35.5. The standard InChI is InChI=1S/C31H30ClF2N5O4/c1-41-29(40)18-3-5-25-26(12-18)39(16-21-6-11-42-21)27(36-25)22-14-31(22)7-9-38(10-8-31)30-35-15-24(34)28(37-30)43-17-19-2-4-20(32)13-23(19)33/h2-5,12-13,15,21-22H,6-11,14,16-17H2,1H3/t21-,22?/m0/s1. The summed E-state index contributed by atoms with van der Waals surface area (Å²) in [4.78, 5) is 27.8. The van der Waals surface area contributed by atoms with Gasteiger partial charge in [0.1, 0.15) is 18.2 Å². The summed E-state index contributed by atoms with van der Waals surface area (Å²) in [6.45, 7) is 2.67. The SMILES string of the molecule is COC(=O)c1ccc2nc(C3CC34CCN(c3ncc(F)c(OCc5ccc(Cl)cc5F)n3)CC4)n(C[C@@H]3CCO3)c2c1. The van der Waals surface area contributed by atoms with Gasteiger partial charge in [0, 0.05) is 36.2 Å². The summed E-state index contributed by atoms with van der Waals surface area (Å²) >= 11 is 5.82. The summed E-state index contributed by atoms with van der Waals surface area (Å²) < 4.78 is 47.1. The van der Waals surface area contributed by atoms with Gasteiger partial charge in [-0.05, 0) is 61.4 Å². The van der Waals surface area contributed by atoms with Crippen LogP contribution in [0.3, 0.4) is 0 Å². The van der Waals surface area contributed by atoms with Gasteiger partial charge >= 0.3 is 5.97 Å². The van der Waals surface area contributed by atoms with E-state index < -0.39 is 11.6 Å². The third kappa shape index (κ3) is 5.29. The van der Waals surface area contributed by atoms with E-state index in [1.807, 2.05) is 17.0 Å². The third-order valence-electron chi connectivity index (χ3n) is 9.00.